The summed E-state index contributed by atoms with van der Waals surface area (Å²) in [6.07, 6.45) is 0.973. The summed E-state index contributed by atoms with van der Waals surface area (Å²) in [4.78, 5) is 23.2. The summed E-state index contributed by atoms with van der Waals surface area (Å²) in [6, 6.07) is 0. The number of nitrogens with two attached hydrogens (primary N) is 4. The van der Waals surface area contributed by atoms with Crippen molar-refractivity contribution in [3.8, 4) is 0 Å². The van der Waals surface area contributed by atoms with Crippen molar-refractivity contribution in [3.05, 3.63) is 11.6 Å². The first-order valence-electron chi connectivity index (χ1n) is 7.20. The van der Waals surface area contributed by atoms with E-state index in [1.807, 2.05) is 0 Å². The summed E-state index contributed by atoms with van der Waals surface area (Å²) >= 11 is 0. The number of hydrogen-bond donors (Lipinski definition) is 4. The third-order valence-electron chi connectivity index (χ3n) is 2.74. The van der Waals surface area contributed by atoms with Gasteiger partial charge in [-0.25, -0.2) is 0 Å². The van der Waals surface area contributed by atoms with Crippen LogP contribution in [0.5, 0.6) is 0 Å². The predicted octanol–water partition coefficient (Wildman–Crippen LogP) is -1.80. The second-order valence-electron chi connectivity index (χ2n) is 4.66. The minimum Gasteiger partial charge on any atom is -0.379 e. The van der Waals surface area contributed by atoms with Crippen LogP contribution in [0.1, 0.15) is 11.6 Å². The molecule has 0 atom stereocenters. The molecule has 0 saturated heterocycles. The third kappa shape index (κ3) is 6.10. The first-order chi connectivity index (χ1) is 11.5. The zero-order valence-electron chi connectivity index (χ0n) is 13.1. The number of hydrogen-bond acceptors (Lipinski definition) is 12. The van der Waals surface area contributed by atoms with Crippen LogP contribution in [0.25, 0.3) is 0 Å². The molecule has 0 spiro atoms. The van der Waals surface area contributed by atoms with Crippen LogP contribution in [-0.2, 0) is 22.3 Å². The van der Waals surface area contributed by atoms with E-state index in [1.165, 1.54) is 0 Å². The highest BCUT2D eigenvalue weighted by atomic mass is 16.5. The molecule has 0 unspecified atom stereocenters. The molecule has 0 aliphatic heterocycles. The van der Waals surface area contributed by atoms with E-state index in [-0.39, 0.29) is 23.8 Å². The van der Waals surface area contributed by atoms with E-state index in [2.05, 4.69) is 29.9 Å². The van der Waals surface area contributed by atoms with Crippen LogP contribution >= 0.6 is 0 Å². The number of ether oxygens (including phenoxy) is 2. The van der Waals surface area contributed by atoms with Crippen LogP contribution in [0.3, 0.4) is 0 Å². The number of rotatable bonds is 9. The van der Waals surface area contributed by atoms with Gasteiger partial charge < -0.3 is 32.4 Å². The number of aromatic nitrogens is 6. The Kier molecular flexibility index (Phi) is 6.33. The van der Waals surface area contributed by atoms with Gasteiger partial charge >= 0.3 is 0 Å². The smallest absolute Gasteiger partial charge is 0.225 e. The van der Waals surface area contributed by atoms with Gasteiger partial charge in [-0.05, 0) is 0 Å². The molecule has 2 rings (SSSR count). The molecule has 24 heavy (non-hydrogen) atoms. The lowest BCUT2D eigenvalue weighted by Crippen LogP contribution is -2.13. The Balaban J connectivity index is 1.55. The molecule has 0 aliphatic rings. The predicted molar refractivity (Wildman–Crippen MR) is 86.3 cm³/mol. The van der Waals surface area contributed by atoms with Crippen LogP contribution < -0.4 is 22.9 Å². The van der Waals surface area contributed by atoms with Gasteiger partial charge in [0.2, 0.25) is 23.8 Å². The fraction of sp³-hybridized carbons (Fsp3) is 0.500. The molecule has 0 saturated carbocycles. The molecule has 0 aromatic carbocycles. The van der Waals surface area contributed by atoms with E-state index < -0.39 is 0 Å². The quantitative estimate of drug-likeness (QED) is 0.375. The topological polar surface area (TPSA) is 200 Å². The van der Waals surface area contributed by atoms with Crippen molar-refractivity contribution in [2.24, 2.45) is 0 Å². The lowest BCUT2D eigenvalue weighted by molar-refractivity contribution is 0.0492. The van der Waals surface area contributed by atoms with Gasteiger partial charge in [0.25, 0.3) is 0 Å². The van der Waals surface area contributed by atoms with E-state index in [0.717, 1.165) is 0 Å². The highest BCUT2D eigenvalue weighted by Gasteiger charge is 2.03. The first kappa shape index (κ1) is 17.5. The Morgan fingerprint density at radius 3 is 1.17 bits per heavy atom. The second-order valence-corrected chi connectivity index (χ2v) is 4.66. The summed E-state index contributed by atoms with van der Waals surface area (Å²) in [5.74, 6) is 1.37. The maximum atomic E-state index is 5.48. The molecule has 2 aromatic heterocycles. The Hall–Kier alpha value is -2.86. The SMILES string of the molecule is Nc1nc(N)nc(CCOCCOCCc2nc(N)nc(N)n2)n1. The molecular formula is C12H20N10O2. The zero-order chi connectivity index (χ0) is 17.4. The monoisotopic (exact) mass is 336 g/mol. The molecule has 2 heterocycles. The van der Waals surface area contributed by atoms with Gasteiger partial charge in [-0.3, -0.25) is 0 Å². The Morgan fingerprint density at radius 1 is 0.500 bits per heavy atom. The zero-order valence-corrected chi connectivity index (χ0v) is 13.1. The van der Waals surface area contributed by atoms with Gasteiger partial charge in [0, 0.05) is 12.8 Å². The minimum absolute atomic E-state index is 0.0976. The van der Waals surface area contributed by atoms with Crippen LogP contribution in [0, 0.1) is 0 Å². The van der Waals surface area contributed by atoms with Crippen molar-refractivity contribution < 1.29 is 9.47 Å². The normalized spacial score (nSPS) is 10.8. The van der Waals surface area contributed by atoms with Crippen molar-refractivity contribution in [1.82, 2.24) is 29.9 Å². The summed E-state index contributed by atoms with van der Waals surface area (Å²) < 4.78 is 10.8. The van der Waals surface area contributed by atoms with Crippen molar-refractivity contribution >= 4 is 23.8 Å². The summed E-state index contributed by atoms with van der Waals surface area (Å²) in [5, 5.41) is 0. The lowest BCUT2D eigenvalue weighted by atomic mass is 10.4. The fourth-order valence-electron chi connectivity index (χ4n) is 1.79. The van der Waals surface area contributed by atoms with E-state index in [4.69, 9.17) is 32.4 Å². The van der Waals surface area contributed by atoms with Gasteiger partial charge in [-0.2, -0.15) is 29.9 Å². The first-order valence-corrected chi connectivity index (χ1v) is 7.20. The molecule has 8 N–H and O–H groups in total. The van der Waals surface area contributed by atoms with Crippen molar-refractivity contribution in [2.75, 3.05) is 49.4 Å². The molecule has 130 valence electrons. The maximum Gasteiger partial charge on any atom is 0.225 e. The molecule has 2 aromatic rings. The number of anilines is 4. The van der Waals surface area contributed by atoms with E-state index in [1.54, 1.807) is 0 Å². The summed E-state index contributed by atoms with van der Waals surface area (Å²) in [5.41, 5.74) is 21.9. The van der Waals surface area contributed by atoms with Crippen LogP contribution in [0.2, 0.25) is 0 Å². The maximum absolute atomic E-state index is 5.48. The molecule has 0 amide bonds. The Bertz CT molecular complexity index is 570. The Labute approximate surface area is 138 Å². The van der Waals surface area contributed by atoms with Crippen LogP contribution in [0.15, 0.2) is 0 Å². The highest BCUT2D eigenvalue weighted by molar-refractivity contribution is 5.26. The number of nitrogens with zero attached hydrogens (tertiary/aromatic N) is 6. The van der Waals surface area contributed by atoms with Crippen LogP contribution in [-0.4, -0.2) is 56.3 Å². The Morgan fingerprint density at radius 2 is 0.833 bits per heavy atom. The van der Waals surface area contributed by atoms with Gasteiger partial charge in [0.15, 0.2) is 0 Å². The molecule has 0 bridgehead atoms. The van der Waals surface area contributed by atoms with Gasteiger partial charge in [0.1, 0.15) is 11.6 Å². The summed E-state index contributed by atoms with van der Waals surface area (Å²) in [7, 11) is 0. The van der Waals surface area contributed by atoms with Crippen molar-refractivity contribution in [1.29, 1.82) is 0 Å². The van der Waals surface area contributed by atoms with Gasteiger partial charge in [0.05, 0.1) is 26.4 Å². The molecule has 0 aliphatic carbocycles. The van der Waals surface area contributed by atoms with Crippen LogP contribution in [0.4, 0.5) is 23.8 Å². The largest absolute Gasteiger partial charge is 0.379 e. The van der Waals surface area contributed by atoms with Crippen molar-refractivity contribution in [2.45, 2.75) is 12.8 Å². The molecule has 0 fully saturated rings. The molecular weight excluding hydrogens is 316 g/mol. The van der Waals surface area contributed by atoms with Gasteiger partial charge in [-0.1, -0.05) is 0 Å². The fourth-order valence-corrected chi connectivity index (χ4v) is 1.79. The lowest BCUT2D eigenvalue weighted by Gasteiger charge is -2.06. The molecule has 0 radical (unpaired) electrons. The number of nitrogen functional groups attached to an aromatic ring is 4. The van der Waals surface area contributed by atoms with E-state index in [0.29, 0.717) is 50.9 Å². The highest BCUT2D eigenvalue weighted by Crippen LogP contribution is 2.00. The van der Waals surface area contributed by atoms with Gasteiger partial charge in [-0.15, -0.1) is 0 Å². The standard InChI is InChI=1S/C12H20N10O2/c13-9-17-7(18-10(14)21-9)1-3-23-5-6-24-4-2-8-19-11(15)22-12(16)20-8/h1-6H2,(H4,13,14,17,18,21)(H4,15,16,19,20,22). The third-order valence-corrected chi connectivity index (χ3v) is 2.74. The van der Waals surface area contributed by atoms with Crippen molar-refractivity contribution in [3.63, 3.8) is 0 Å². The van der Waals surface area contributed by atoms with E-state index >= 15 is 0 Å². The summed E-state index contributed by atoms with van der Waals surface area (Å²) in [6.45, 7) is 1.70. The minimum atomic E-state index is 0.0976. The average Bonchev–Trinajstić information content (AvgIpc) is 2.48. The molecule has 12 heteroatoms. The molecule has 12 nitrogen and oxygen atoms in total. The average molecular weight is 336 g/mol. The van der Waals surface area contributed by atoms with E-state index in [9.17, 15) is 0 Å². The second kappa shape index (κ2) is 8.69.